The van der Waals surface area contributed by atoms with Gasteiger partial charge in [0.2, 0.25) is 11.8 Å². The summed E-state index contributed by atoms with van der Waals surface area (Å²) in [5, 5.41) is 2.62. The molecule has 0 aromatic heterocycles. The predicted molar refractivity (Wildman–Crippen MR) is 106 cm³/mol. The Kier molecular flexibility index (Phi) is 9.10. The fraction of sp³-hybridized carbons (Fsp3) is 0.556. The molecule has 0 aliphatic rings. The van der Waals surface area contributed by atoms with E-state index in [4.69, 9.17) is 20.3 Å². The molecule has 0 aliphatic carbocycles. The number of rotatable bonds is 11. The molecule has 1 aromatic rings. The van der Waals surface area contributed by atoms with Gasteiger partial charge in [-0.2, -0.15) is 0 Å². The van der Waals surface area contributed by atoms with Crippen molar-refractivity contribution >= 4 is 19.4 Å². The van der Waals surface area contributed by atoms with Crippen LogP contribution in [0.25, 0.3) is 0 Å². The monoisotopic (exact) mass is 415 g/mol. The predicted octanol–water partition coefficient (Wildman–Crippen LogP) is 0.690. The van der Waals surface area contributed by atoms with Crippen molar-refractivity contribution in [3.63, 3.8) is 0 Å². The first-order chi connectivity index (χ1) is 12.9. The number of hydrogen-bond acceptors (Lipinski definition) is 5. The zero-order valence-corrected chi connectivity index (χ0v) is 17.6. The SMILES string of the molecule is COc1ccc(C[C@@H](C(N)=O)N(C)C(=O)[C@H](CC(C)C)NCP(=O)(O)O)cc1. The quantitative estimate of drug-likeness (QED) is 0.390. The van der Waals surface area contributed by atoms with Gasteiger partial charge in [-0.15, -0.1) is 0 Å². The van der Waals surface area contributed by atoms with Crippen molar-refractivity contribution in [2.24, 2.45) is 11.7 Å². The van der Waals surface area contributed by atoms with Gasteiger partial charge >= 0.3 is 7.60 Å². The van der Waals surface area contributed by atoms with Gasteiger partial charge in [0.15, 0.2) is 0 Å². The van der Waals surface area contributed by atoms with E-state index in [0.29, 0.717) is 12.2 Å². The number of methoxy groups -OCH3 is 1. The third-order valence-electron chi connectivity index (χ3n) is 4.28. The number of amides is 2. The lowest BCUT2D eigenvalue weighted by Gasteiger charge is -2.30. The van der Waals surface area contributed by atoms with E-state index < -0.39 is 37.8 Å². The van der Waals surface area contributed by atoms with Crippen LogP contribution in [0.4, 0.5) is 0 Å². The van der Waals surface area contributed by atoms with Gasteiger partial charge in [-0.3, -0.25) is 19.5 Å². The van der Waals surface area contributed by atoms with Gasteiger partial charge in [0.25, 0.3) is 0 Å². The normalized spacial score (nSPS) is 13.8. The first kappa shape index (κ1) is 24.1. The molecule has 10 heteroatoms. The van der Waals surface area contributed by atoms with Crippen molar-refractivity contribution < 1.29 is 28.7 Å². The molecule has 158 valence electrons. The van der Waals surface area contributed by atoms with Crippen molar-refractivity contribution in [2.75, 3.05) is 20.4 Å². The minimum atomic E-state index is -4.32. The second kappa shape index (κ2) is 10.6. The average molecular weight is 415 g/mol. The molecular weight excluding hydrogens is 385 g/mol. The molecule has 0 aliphatic heterocycles. The molecule has 0 saturated heterocycles. The fourth-order valence-corrected chi connectivity index (χ4v) is 3.24. The van der Waals surface area contributed by atoms with Crippen LogP contribution >= 0.6 is 7.60 Å². The van der Waals surface area contributed by atoms with Gasteiger partial charge in [-0.05, 0) is 30.0 Å². The third kappa shape index (κ3) is 7.98. The number of carbonyl (C=O) groups is 2. The van der Waals surface area contributed by atoms with Crippen LogP contribution in [0.15, 0.2) is 24.3 Å². The molecule has 5 N–H and O–H groups in total. The first-order valence-corrected chi connectivity index (χ1v) is 10.7. The van der Waals surface area contributed by atoms with Gasteiger partial charge < -0.3 is 25.2 Å². The number of benzene rings is 1. The summed E-state index contributed by atoms with van der Waals surface area (Å²) >= 11 is 0. The lowest BCUT2D eigenvalue weighted by Crippen LogP contribution is -2.53. The molecular formula is C18H30N3O6P. The third-order valence-corrected chi connectivity index (χ3v) is 4.88. The second-order valence-corrected chi connectivity index (χ2v) is 8.77. The number of nitrogens with zero attached hydrogens (tertiary/aromatic N) is 1. The van der Waals surface area contributed by atoms with Gasteiger partial charge in [0.05, 0.1) is 19.4 Å². The summed E-state index contributed by atoms with van der Waals surface area (Å²) in [7, 11) is -1.31. The van der Waals surface area contributed by atoms with Crippen molar-refractivity contribution in [3.8, 4) is 5.75 Å². The maximum atomic E-state index is 12.9. The van der Waals surface area contributed by atoms with Crippen LogP contribution in [0.5, 0.6) is 5.75 Å². The Balaban J connectivity index is 2.96. The Morgan fingerprint density at radius 3 is 2.25 bits per heavy atom. The molecule has 0 heterocycles. The highest BCUT2D eigenvalue weighted by Crippen LogP contribution is 2.32. The molecule has 0 saturated carbocycles. The van der Waals surface area contributed by atoms with E-state index in [1.54, 1.807) is 31.4 Å². The Morgan fingerprint density at radius 2 is 1.82 bits per heavy atom. The Labute approximate surface area is 165 Å². The number of primary amides is 1. The highest BCUT2D eigenvalue weighted by atomic mass is 31.2. The van der Waals surface area contributed by atoms with Crippen molar-refractivity contribution in [1.82, 2.24) is 10.2 Å². The van der Waals surface area contributed by atoms with Crippen molar-refractivity contribution in [2.45, 2.75) is 38.8 Å². The molecule has 1 aromatic carbocycles. The second-order valence-electron chi connectivity index (χ2n) is 7.13. The number of nitrogens with one attached hydrogen (secondary N) is 1. The number of likely N-dealkylation sites (N-methyl/N-ethyl adjacent to an activating group) is 1. The summed E-state index contributed by atoms with van der Waals surface area (Å²) in [5.74, 6) is -0.341. The molecule has 2 amide bonds. The molecule has 1 rings (SSSR count). The summed E-state index contributed by atoms with van der Waals surface area (Å²) in [5.41, 5.74) is 6.32. The van der Waals surface area contributed by atoms with E-state index in [9.17, 15) is 14.2 Å². The van der Waals surface area contributed by atoms with Crippen LogP contribution in [0.2, 0.25) is 0 Å². The molecule has 0 spiro atoms. The maximum absolute atomic E-state index is 12.9. The Hall–Kier alpha value is -1.93. The highest BCUT2D eigenvalue weighted by molar-refractivity contribution is 7.51. The van der Waals surface area contributed by atoms with E-state index in [2.05, 4.69) is 5.32 Å². The van der Waals surface area contributed by atoms with Crippen LogP contribution in [-0.2, 0) is 20.6 Å². The average Bonchev–Trinajstić information content (AvgIpc) is 2.61. The van der Waals surface area contributed by atoms with Gasteiger partial charge in [-0.25, -0.2) is 0 Å². The van der Waals surface area contributed by atoms with Crippen molar-refractivity contribution in [1.29, 1.82) is 0 Å². The van der Waals surface area contributed by atoms with Crippen LogP contribution in [-0.4, -0.2) is 59.0 Å². The first-order valence-electron chi connectivity index (χ1n) is 8.91. The smallest absolute Gasteiger partial charge is 0.339 e. The highest BCUT2D eigenvalue weighted by Gasteiger charge is 2.31. The number of hydrogen-bond donors (Lipinski definition) is 4. The summed E-state index contributed by atoms with van der Waals surface area (Å²) in [4.78, 5) is 44.3. The Bertz CT molecular complexity index is 704. The van der Waals surface area contributed by atoms with Crippen LogP contribution in [0, 0.1) is 5.92 Å². The number of carbonyl (C=O) groups excluding carboxylic acids is 2. The molecule has 0 radical (unpaired) electrons. The fourth-order valence-electron chi connectivity index (χ4n) is 2.78. The topological polar surface area (TPSA) is 142 Å². The number of ether oxygens (including phenoxy) is 1. The maximum Gasteiger partial charge on any atom is 0.339 e. The summed E-state index contributed by atoms with van der Waals surface area (Å²) in [6.07, 6.45) is -0.0463. The lowest BCUT2D eigenvalue weighted by molar-refractivity contribution is -0.139. The summed E-state index contributed by atoms with van der Waals surface area (Å²) in [6.45, 7) is 3.78. The van der Waals surface area contributed by atoms with Crippen molar-refractivity contribution in [3.05, 3.63) is 29.8 Å². The molecule has 0 bridgehead atoms. The molecule has 9 nitrogen and oxygen atoms in total. The van der Waals surface area contributed by atoms with E-state index in [1.165, 1.54) is 11.9 Å². The van der Waals surface area contributed by atoms with Gasteiger partial charge in [-0.1, -0.05) is 26.0 Å². The summed E-state index contributed by atoms with van der Waals surface area (Å²) < 4.78 is 16.3. The summed E-state index contributed by atoms with van der Waals surface area (Å²) in [6, 6.07) is 5.33. The standard InChI is InChI=1S/C18H30N3O6P/c1-12(2)9-15(20-11-28(24,25)26)18(23)21(3)16(17(19)22)10-13-5-7-14(27-4)8-6-13/h5-8,12,15-16,20H,9-11H2,1-4H3,(H2,19,22)(H2,24,25,26)/t15-,16-/m0/s1. The van der Waals surface area contributed by atoms with Gasteiger partial charge in [0, 0.05) is 13.5 Å². The van der Waals surface area contributed by atoms with Crippen LogP contribution < -0.4 is 15.8 Å². The molecule has 0 fully saturated rings. The molecule has 0 unspecified atom stereocenters. The van der Waals surface area contributed by atoms with Crippen LogP contribution in [0.1, 0.15) is 25.8 Å². The minimum Gasteiger partial charge on any atom is -0.497 e. The van der Waals surface area contributed by atoms with E-state index in [-0.39, 0.29) is 12.3 Å². The number of nitrogens with two attached hydrogens (primary N) is 1. The van der Waals surface area contributed by atoms with E-state index in [1.807, 2.05) is 13.8 Å². The van der Waals surface area contributed by atoms with E-state index >= 15 is 0 Å². The largest absolute Gasteiger partial charge is 0.497 e. The zero-order chi connectivity index (χ0) is 21.5. The molecule has 2 atom stereocenters. The molecule has 28 heavy (non-hydrogen) atoms. The van der Waals surface area contributed by atoms with Gasteiger partial charge in [0.1, 0.15) is 11.8 Å². The zero-order valence-electron chi connectivity index (χ0n) is 16.7. The Morgan fingerprint density at radius 1 is 1.25 bits per heavy atom. The minimum absolute atomic E-state index is 0.0974. The van der Waals surface area contributed by atoms with E-state index in [0.717, 1.165) is 5.56 Å². The van der Waals surface area contributed by atoms with Crippen LogP contribution in [0.3, 0.4) is 0 Å². The lowest BCUT2D eigenvalue weighted by atomic mass is 10.00.